The van der Waals surface area contributed by atoms with Crippen LogP contribution in [-0.4, -0.2) is 13.9 Å². The number of ketones is 1. The number of terminal acetylenes is 1. The molecular formula is C16H18OSi. The van der Waals surface area contributed by atoms with Gasteiger partial charge in [-0.2, -0.15) is 0 Å². The van der Waals surface area contributed by atoms with Gasteiger partial charge in [0.1, 0.15) is 0 Å². The maximum Gasteiger partial charge on any atom is 0.159 e. The molecule has 0 heterocycles. The second kappa shape index (κ2) is 5.69. The summed E-state index contributed by atoms with van der Waals surface area (Å²) in [6.07, 6.45) is 7.26. The van der Waals surface area contributed by atoms with Crippen molar-refractivity contribution in [3.63, 3.8) is 0 Å². The zero-order valence-electron chi connectivity index (χ0n) is 11.4. The van der Waals surface area contributed by atoms with E-state index in [0.29, 0.717) is 0 Å². The molecule has 0 spiro atoms. The molecule has 0 aliphatic carbocycles. The second-order valence-corrected chi connectivity index (χ2v) is 10.2. The van der Waals surface area contributed by atoms with Crippen molar-refractivity contribution in [3.8, 4) is 12.3 Å². The lowest BCUT2D eigenvalue weighted by Crippen LogP contribution is -2.27. The first kappa shape index (κ1) is 14.2. The zero-order valence-corrected chi connectivity index (χ0v) is 12.4. The van der Waals surface area contributed by atoms with Crippen LogP contribution in [0.15, 0.2) is 35.2 Å². The molecule has 1 aromatic carbocycles. The molecule has 1 aromatic rings. The van der Waals surface area contributed by atoms with Crippen molar-refractivity contribution in [2.75, 3.05) is 0 Å². The predicted octanol–water partition coefficient (Wildman–Crippen LogP) is 3.67. The largest absolute Gasteiger partial charge is 0.295 e. The van der Waals surface area contributed by atoms with Gasteiger partial charge in [0.05, 0.1) is 8.07 Å². The summed E-state index contributed by atoms with van der Waals surface area (Å²) in [7, 11) is -1.66. The highest BCUT2D eigenvalue weighted by atomic mass is 28.3. The Bertz CT molecular complexity index is 561. The highest BCUT2D eigenvalue weighted by molar-refractivity contribution is 6.87. The Morgan fingerprint density at radius 1 is 1.28 bits per heavy atom. The van der Waals surface area contributed by atoms with Crippen LogP contribution in [0.5, 0.6) is 0 Å². The van der Waals surface area contributed by atoms with E-state index in [4.69, 9.17) is 6.42 Å². The normalized spacial score (nSPS) is 10.2. The molecular weight excluding hydrogens is 236 g/mol. The fourth-order valence-electron chi connectivity index (χ4n) is 1.75. The molecule has 0 saturated heterocycles. The molecule has 1 nitrogen and oxygen atoms in total. The molecule has 18 heavy (non-hydrogen) atoms. The van der Waals surface area contributed by atoms with Gasteiger partial charge in [-0.1, -0.05) is 43.8 Å². The Hall–Kier alpha value is -1.81. The number of Topliss-reactive ketones (excluding diaryl/α,β-unsaturated/α-hetero) is 1. The maximum absolute atomic E-state index is 11.6. The van der Waals surface area contributed by atoms with Crippen molar-refractivity contribution in [2.45, 2.75) is 26.6 Å². The lowest BCUT2D eigenvalue weighted by atomic mass is 10.1. The minimum absolute atomic E-state index is 0.101. The molecule has 0 radical (unpaired) electrons. The lowest BCUT2D eigenvalue weighted by Gasteiger charge is -2.15. The van der Waals surface area contributed by atoms with Gasteiger partial charge in [0, 0.05) is 10.8 Å². The number of hydrogen-bond donors (Lipinski definition) is 0. The Kier molecular flexibility index (Phi) is 4.50. The molecule has 0 saturated carbocycles. The van der Waals surface area contributed by atoms with Crippen molar-refractivity contribution in [1.29, 1.82) is 0 Å². The average Bonchev–Trinajstić information content (AvgIpc) is 2.27. The second-order valence-electron chi connectivity index (χ2n) is 5.20. The molecule has 92 valence electrons. The minimum Gasteiger partial charge on any atom is -0.295 e. The van der Waals surface area contributed by atoms with Crippen molar-refractivity contribution in [2.24, 2.45) is 0 Å². The minimum atomic E-state index is -1.66. The van der Waals surface area contributed by atoms with E-state index in [9.17, 15) is 4.79 Å². The fourth-order valence-corrected chi connectivity index (χ4v) is 3.31. The zero-order chi connectivity index (χ0) is 13.8. The predicted molar refractivity (Wildman–Crippen MR) is 79.9 cm³/mol. The smallest absolute Gasteiger partial charge is 0.159 e. The summed E-state index contributed by atoms with van der Waals surface area (Å²) in [6, 6.07) is 7.65. The van der Waals surface area contributed by atoms with Crippen LogP contribution in [-0.2, 0) is 4.79 Å². The van der Waals surface area contributed by atoms with E-state index in [-0.39, 0.29) is 5.78 Å². The monoisotopic (exact) mass is 254 g/mol. The Balaban J connectivity index is 3.33. The van der Waals surface area contributed by atoms with Crippen LogP contribution in [0.3, 0.4) is 0 Å². The molecule has 0 fully saturated rings. The Morgan fingerprint density at radius 3 is 2.39 bits per heavy atom. The molecule has 0 aromatic heterocycles. The van der Waals surface area contributed by atoms with Gasteiger partial charge in [-0.15, -0.1) is 12.2 Å². The van der Waals surface area contributed by atoms with Gasteiger partial charge < -0.3 is 0 Å². The highest BCUT2D eigenvalue weighted by Gasteiger charge is 2.22. The first-order valence-corrected chi connectivity index (χ1v) is 9.40. The van der Waals surface area contributed by atoms with Crippen molar-refractivity contribution in [1.82, 2.24) is 0 Å². The van der Waals surface area contributed by atoms with E-state index in [1.165, 1.54) is 0 Å². The fraction of sp³-hybridized carbons (Fsp3) is 0.250. The van der Waals surface area contributed by atoms with Crippen molar-refractivity contribution >= 4 is 19.9 Å². The Morgan fingerprint density at radius 2 is 1.89 bits per heavy atom. The molecule has 2 heteroatoms. The number of benzene rings is 1. The van der Waals surface area contributed by atoms with E-state index < -0.39 is 8.07 Å². The van der Waals surface area contributed by atoms with Crippen LogP contribution in [0.25, 0.3) is 6.08 Å². The quantitative estimate of drug-likeness (QED) is 0.348. The number of carbonyl (C=O) groups is 1. The summed E-state index contributed by atoms with van der Waals surface area (Å²) in [5.74, 6) is 2.73. The average molecular weight is 254 g/mol. The van der Waals surface area contributed by atoms with Crippen molar-refractivity contribution in [3.05, 3.63) is 46.3 Å². The van der Waals surface area contributed by atoms with Gasteiger partial charge in [-0.25, -0.2) is 0 Å². The van der Waals surface area contributed by atoms with Crippen LogP contribution < -0.4 is 0 Å². The van der Waals surface area contributed by atoms with Gasteiger partial charge in [-0.3, -0.25) is 4.79 Å². The molecule has 0 bridgehead atoms. The first-order valence-electron chi connectivity index (χ1n) is 5.90. The molecule has 0 aliphatic rings. The van der Waals surface area contributed by atoms with Gasteiger partial charge in [0.25, 0.3) is 0 Å². The number of allylic oxidation sites excluding steroid dienone is 1. The SMILES string of the molecule is C#Cc1ccccc1C=C=C(C(C)=O)[Si](C)(C)C. The maximum atomic E-state index is 11.6. The van der Waals surface area contributed by atoms with E-state index >= 15 is 0 Å². The van der Waals surface area contributed by atoms with E-state index in [2.05, 4.69) is 31.3 Å². The molecule has 0 amide bonds. The van der Waals surface area contributed by atoms with Gasteiger partial charge in [-0.05, 0) is 24.6 Å². The number of carbonyl (C=O) groups excluding carboxylic acids is 1. The summed E-state index contributed by atoms with van der Waals surface area (Å²) < 4.78 is 0. The first-order chi connectivity index (χ1) is 8.36. The van der Waals surface area contributed by atoms with Crippen LogP contribution in [0.1, 0.15) is 18.1 Å². The third-order valence-electron chi connectivity index (χ3n) is 2.59. The van der Waals surface area contributed by atoms with Crippen LogP contribution in [0.4, 0.5) is 0 Å². The van der Waals surface area contributed by atoms with E-state index in [1.807, 2.05) is 30.3 Å². The summed E-state index contributed by atoms with van der Waals surface area (Å²) >= 11 is 0. The molecule has 1 rings (SSSR count). The summed E-state index contributed by atoms with van der Waals surface area (Å²) in [6.45, 7) is 8.01. The van der Waals surface area contributed by atoms with Crippen LogP contribution in [0, 0.1) is 12.3 Å². The molecule has 0 atom stereocenters. The third-order valence-corrected chi connectivity index (χ3v) is 4.59. The third kappa shape index (κ3) is 3.60. The van der Waals surface area contributed by atoms with Gasteiger partial charge in [0.2, 0.25) is 0 Å². The molecule has 0 N–H and O–H groups in total. The topological polar surface area (TPSA) is 17.1 Å². The summed E-state index contributed by atoms with van der Waals surface area (Å²) in [4.78, 5) is 11.6. The number of hydrogen-bond acceptors (Lipinski definition) is 1. The van der Waals surface area contributed by atoms with Gasteiger partial charge in [0.15, 0.2) is 5.78 Å². The Labute approximate surface area is 110 Å². The van der Waals surface area contributed by atoms with Crippen LogP contribution >= 0.6 is 0 Å². The van der Waals surface area contributed by atoms with E-state index in [0.717, 1.165) is 16.3 Å². The molecule has 0 unspecified atom stereocenters. The molecule has 0 aliphatic heterocycles. The van der Waals surface area contributed by atoms with Crippen molar-refractivity contribution < 1.29 is 4.79 Å². The summed E-state index contributed by atoms with van der Waals surface area (Å²) in [5, 5.41) is 0.814. The number of rotatable bonds is 3. The lowest BCUT2D eigenvalue weighted by molar-refractivity contribution is -0.113. The summed E-state index contributed by atoms with van der Waals surface area (Å²) in [5.41, 5.74) is 4.91. The highest BCUT2D eigenvalue weighted by Crippen LogP contribution is 2.16. The van der Waals surface area contributed by atoms with E-state index in [1.54, 1.807) is 6.92 Å². The standard InChI is InChI=1S/C16H18OSi/c1-6-14-9-7-8-10-15(14)11-12-16(13(2)17)18(3,4)5/h1,7-11H,2-5H3. The van der Waals surface area contributed by atoms with Gasteiger partial charge >= 0.3 is 0 Å². The van der Waals surface area contributed by atoms with Crippen LogP contribution in [0.2, 0.25) is 19.6 Å².